The van der Waals surface area contributed by atoms with Gasteiger partial charge in [0, 0.05) is 22.3 Å². The van der Waals surface area contributed by atoms with Crippen LogP contribution in [0.25, 0.3) is 123 Å². The number of rotatable bonds is 8. The maximum atomic E-state index is 10.6. The first-order chi connectivity index (χ1) is 33.6. The van der Waals surface area contributed by atoms with Gasteiger partial charge in [-0.1, -0.05) is 188 Å². The lowest BCUT2D eigenvalue weighted by atomic mass is 9.89. The van der Waals surface area contributed by atoms with E-state index in [0.717, 1.165) is 66.8 Å². The zero-order valence-corrected chi connectivity index (χ0v) is 36.6. The largest absolute Gasteiger partial charge is 0.208 e. The lowest BCUT2D eigenvalue weighted by molar-refractivity contribution is 1.07. The van der Waals surface area contributed by atoms with Crippen molar-refractivity contribution in [2.75, 3.05) is 0 Å². The predicted octanol–water partition coefficient (Wildman–Crippen LogP) is 15.8. The van der Waals surface area contributed by atoms with Gasteiger partial charge in [0.05, 0.1) is 23.3 Å². The summed E-state index contributed by atoms with van der Waals surface area (Å²) in [4.78, 5) is 15.2. The number of benzene rings is 10. The lowest BCUT2D eigenvalue weighted by Gasteiger charge is -2.16. The van der Waals surface area contributed by atoms with E-state index in [-0.39, 0.29) is 0 Å². The molecule has 0 atom stereocenters. The Kier molecular flexibility index (Phi) is 9.87. The number of nitrogens with zero attached hydrogens (tertiary/aromatic N) is 5. The molecule has 0 aliphatic heterocycles. The van der Waals surface area contributed by atoms with Crippen molar-refractivity contribution in [1.29, 1.82) is 10.5 Å². The summed E-state index contributed by atoms with van der Waals surface area (Å²) in [6.07, 6.45) is 0. The Hall–Kier alpha value is -9.55. The molecule has 11 aromatic rings. The number of aromatic nitrogens is 3. The zero-order valence-electron chi connectivity index (χ0n) is 36.6. The zero-order chi connectivity index (χ0) is 45.6. The number of fused-ring (bicyclic) bond motifs is 3. The van der Waals surface area contributed by atoms with Crippen molar-refractivity contribution in [3.05, 3.63) is 236 Å². The summed E-state index contributed by atoms with van der Waals surface area (Å²) in [6, 6.07) is 81.7. The van der Waals surface area contributed by atoms with Crippen LogP contribution in [-0.4, -0.2) is 15.0 Å². The van der Waals surface area contributed by atoms with Gasteiger partial charge in [-0.05, 0) is 119 Å². The van der Waals surface area contributed by atoms with Crippen LogP contribution in [0.5, 0.6) is 0 Å². The number of nitriles is 2. The summed E-state index contributed by atoms with van der Waals surface area (Å²) in [5, 5.41) is 22.5. The van der Waals surface area contributed by atoms with Crippen molar-refractivity contribution in [2.24, 2.45) is 0 Å². The number of hydrogen-bond acceptors (Lipinski definition) is 5. The lowest BCUT2D eigenvalue weighted by Crippen LogP contribution is -2.01. The third-order valence-electron chi connectivity index (χ3n) is 13.0. The summed E-state index contributed by atoms with van der Waals surface area (Å²) in [6.45, 7) is 0. The Morgan fingerprint density at radius 2 is 0.721 bits per heavy atom. The molecule has 0 N–H and O–H groups in total. The highest BCUT2D eigenvalue weighted by Gasteiger charge is 2.22. The van der Waals surface area contributed by atoms with Crippen molar-refractivity contribution in [3.63, 3.8) is 0 Å². The molecule has 0 unspecified atom stereocenters. The minimum Gasteiger partial charge on any atom is -0.208 e. The smallest absolute Gasteiger partial charge is 0.164 e. The van der Waals surface area contributed by atoms with Crippen molar-refractivity contribution in [2.45, 2.75) is 0 Å². The molecule has 12 rings (SSSR count). The van der Waals surface area contributed by atoms with Gasteiger partial charge in [-0.15, -0.1) is 0 Å². The molecule has 0 spiro atoms. The molecule has 68 heavy (non-hydrogen) atoms. The van der Waals surface area contributed by atoms with Crippen LogP contribution < -0.4 is 0 Å². The van der Waals surface area contributed by atoms with E-state index in [9.17, 15) is 10.5 Å². The second-order valence-corrected chi connectivity index (χ2v) is 17.0. The van der Waals surface area contributed by atoms with Gasteiger partial charge in [0.1, 0.15) is 0 Å². The third kappa shape index (κ3) is 7.09. The van der Waals surface area contributed by atoms with Crippen LogP contribution in [-0.2, 0) is 0 Å². The van der Waals surface area contributed by atoms with Gasteiger partial charge in [0.25, 0.3) is 0 Å². The molecule has 5 heteroatoms. The second kappa shape index (κ2) is 16.8. The van der Waals surface area contributed by atoms with Gasteiger partial charge in [0.15, 0.2) is 17.5 Å². The van der Waals surface area contributed by atoms with Crippen LogP contribution in [0.4, 0.5) is 0 Å². The number of hydrogen-bond donors (Lipinski definition) is 0. The standard InChI is InChI=1S/C63H37N5/c64-38-40-21-23-41(24-22-40)42-27-31-46(32-28-42)62-66-61(45-11-2-1-3-12-45)67-63(68-62)57-19-9-8-18-55(57)58-36-47(33-34-49(58)39-65)52-15-5-4-14-51(52)44-29-25-43(26-30-44)50-35-48-13-10-20-56-53-16-6-7-17-54(53)59(37-50)60(48)56/h1-37H. The van der Waals surface area contributed by atoms with E-state index in [2.05, 4.69) is 121 Å². The fourth-order valence-electron chi connectivity index (χ4n) is 9.65. The van der Waals surface area contributed by atoms with Gasteiger partial charge in [-0.3, -0.25) is 0 Å². The Bertz CT molecular complexity index is 3840. The van der Waals surface area contributed by atoms with Gasteiger partial charge in [-0.25, -0.2) is 15.0 Å². The van der Waals surface area contributed by atoms with E-state index in [1.165, 1.54) is 38.6 Å². The van der Waals surface area contributed by atoms with Crippen LogP contribution in [0.3, 0.4) is 0 Å². The Morgan fingerprint density at radius 3 is 1.37 bits per heavy atom. The van der Waals surface area contributed by atoms with Crippen molar-refractivity contribution in [3.8, 4) is 124 Å². The molecule has 0 bridgehead atoms. The molecular formula is C63H37N5. The van der Waals surface area contributed by atoms with E-state index in [4.69, 9.17) is 15.0 Å². The first-order valence-corrected chi connectivity index (χ1v) is 22.5. The molecule has 0 fully saturated rings. The van der Waals surface area contributed by atoms with Crippen molar-refractivity contribution >= 4 is 10.8 Å². The van der Waals surface area contributed by atoms with E-state index in [1.54, 1.807) is 0 Å². The van der Waals surface area contributed by atoms with E-state index in [0.29, 0.717) is 28.6 Å². The van der Waals surface area contributed by atoms with Gasteiger partial charge in [0.2, 0.25) is 0 Å². The monoisotopic (exact) mass is 863 g/mol. The maximum Gasteiger partial charge on any atom is 0.164 e. The summed E-state index contributed by atoms with van der Waals surface area (Å²) in [5.41, 5.74) is 19.1. The highest BCUT2D eigenvalue weighted by atomic mass is 15.0. The fourth-order valence-corrected chi connectivity index (χ4v) is 9.65. The van der Waals surface area contributed by atoms with Crippen molar-refractivity contribution < 1.29 is 0 Å². The highest BCUT2D eigenvalue weighted by Crippen LogP contribution is 2.49. The van der Waals surface area contributed by atoms with Crippen molar-refractivity contribution in [1.82, 2.24) is 15.0 Å². The average Bonchev–Trinajstić information content (AvgIpc) is 3.75. The fraction of sp³-hybridized carbons (Fsp3) is 0. The van der Waals surface area contributed by atoms with Gasteiger partial charge < -0.3 is 0 Å². The topological polar surface area (TPSA) is 86.2 Å². The highest BCUT2D eigenvalue weighted by molar-refractivity contribution is 6.16. The molecule has 1 aliphatic rings. The van der Waals surface area contributed by atoms with Crippen LogP contribution in [0, 0.1) is 22.7 Å². The Balaban J connectivity index is 0.916. The molecule has 10 aromatic carbocycles. The summed E-state index contributed by atoms with van der Waals surface area (Å²) < 4.78 is 0. The molecule has 314 valence electrons. The normalized spacial score (nSPS) is 11.2. The third-order valence-corrected chi connectivity index (χ3v) is 13.0. The van der Waals surface area contributed by atoms with Crippen LogP contribution in [0.2, 0.25) is 0 Å². The summed E-state index contributed by atoms with van der Waals surface area (Å²) in [7, 11) is 0. The first kappa shape index (κ1) is 40.0. The molecular weight excluding hydrogens is 827 g/mol. The predicted molar refractivity (Wildman–Crippen MR) is 275 cm³/mol. The molecule has 0 saturated heterocycles. The minimum absolute atomic E-state index is 0.500. The molecule has 0 radical (unpaired) electrons. The maximum absolute atomic E-state index is 10.6. The van der Waals surface area contributed by atoms with Crippen LogP contribution in [0.15, 0.2) is 224 Å². The molecule has 1 aromatic heterocycles. The summed E-state index contributed by atoms with van der Waals surface area (Å²) >= 11 is 0. The van der Waals surface area contributed by atoms with E-state index >= 15 is 0 Å². The molecule has 1 aliphatic carbocycles. The minimum atomic E-state index is 0.500. The van der Waals surface area contributed by atoms with Gasteiger partial charge in [-0.2, -0.15) is 10.5 Å². The van der Waals surface area contributed by atoms with E-state index in [1.807, 2.05) is 115 Å². The SMILES string of the molecule is N#Cc1ccc(-c2ccc(-c3nc(-c4ccccc4)nc(-c4ccccc4-c4cc(-c5ccccc5-c5ccc(-c6cc7c8c(cccc8c6)-c6ccccc6-7)cc5)ccc4C#N)n3)cc2)cc1. The quantitative estimate of drug-likeness (QED) is 0.152. The first-order valence-electron chi connectivity index (χ1n) is 22.5. The Morgan fingerprint density at radius 1 is 0.265 bits per heavy atom. The van der Waals surface area contributed by atoms with E-state index < -0.39 is 0 Å². The molecule has 5 nitrogen and oxygen atoms in total. The molecule has 0 amide bonds. The summed E-state index contributed by atoms with van der Waals surface area (Å²) in [5.74, 6) is 1.58. The van der Waals surface area contributed by atoms with Crippen LogP contribution in [0.1, 0.15) is 11.1 Å². The Labute approximate surface area is 394 Å². The van der Waals surface area contributed by atoms with Gasteiger partial charge >= 0.3 is 0 Å². The molecule has 0 saturated carbocycles. The van der Waals surface area contributed by atoms with Crippen LogP contribution >= 0.6 is 0 Å². The molecule has 1 heterocycles. The average molecular weight is 864 g/mol. The second-order valence-electron chi connectivity index (χ2n) is 17.0.